The summed E-state index contributed by atoms with van der Waals surface area (Å²) in [7, 11) is 0. The fourth-order valence-corrected chi connectivity index (χ4v) is 1.18. The van der Waals surface area contributed by atoms with E-state index in [0.717, 1.165) is 0 Å². The SMILES string of the molecule is CC(C)O[C@@H]1COCC[C@H]1O. The van der Waals surface area contributed by atoms with Crippen molar-refractivity contribution in [3.63, 3.8) is 0 Å². The Morgan fingerprint density at radius 2 is 2.27 bits per heavy atom. The first-order chi connectivity index (χ1) is 5.20. The zero-order chi connectivity index (χ0) is 8.27. The van der Waals surface area contributed by atoms with E-state index in [4.69, 9.17) is 9.47 Å². The van der Waals surface area contributed by atoms with E-state index in [1.54, 1.807) is 0 Å². The van der Waals surface area contributed by atoms with Gasteiger partial charge in [-0.3, -0.25) is 0 Å². The zero-order valence-corrected chi connectivity index (χ0v) is 7.12. The van der Waals surface area contributed by atoms with Crippen molar-refractivity contribution in [2.24, 2.45) is 0 Å². The van der Waals surface area contributed by atoms with Crippen molar-refractivity contribution < 1.29 is 14.6 Å². The number of aliphatic hydroxyl groups excluding tert-OH is 1. The predicted octanol–water partition coefficient (Wildman–Crippen LogP) is 0.561. The summed E-state index contributed by atoms with van der Waals surface area (Å²) in [4.78, 5) is 0. The smallest absolute Gasteiger partial charge is 0.107 e. The van der Waals surface area contributed by atoms with Gasteiger partial charge in [-0.2, -0.15) is 0 Å². The highest BCUT2D eigenvalue weighted by molar-refractivity contribution is 4.73. The van der Waals surface area contributed by atoms with E-state index in [2.05, 4.69) is 0 Å². The van der Waals surface area contributed by atoms with Gasteiger partial charge >= 0.3 is 0 Å². The van der Waals surface area contributed by atoms with Crippen LogP contribution in [-0.2, 0) is 9.47 Å². The molecule has 66 valence electrons. The third-order valence-electron chi connectivity index (χ3n) is 1.72. The molecule has 0 aromatic heterocycles. The summed E-state index contributed by atoms with van der Waals surface area (Å²) in [5.41, 5.74) is 0. The lowest BCUT2D eigenvalue weighted by Crippen LogP contribution is -2.40. The predicted molar refractivity (Wildman–Crippen MR) is 41.5 cm³/mol. The average Bonchev–Trinajstić information content (AvgIpc) is 1.93. The van der Waals surface area contributed by atoms with Crippen molar-refractivity contribution in [3.8, 4) is 0 Å². The molecule has 0 aliphatic carbocycles. The first-order valence-corrected chi connectivity index (χ1v) is 4.11. The highest BCUT2D eigenvalue weighted by Gasteiger charge is 2.24. The third kappa shape index (κ3) is 2.77. The molecule has 1 aliphatic rings. The van der Waals surface area contributed by atoms with Gasteiger partial charge in [-0.15, -0.1) is 0 Å². The third-order valence-corrected chi connectivity index (χ3v) is 1.72. The standard InChI is InChI=1S/C8H16O3/c1-6(2)11-8-5-10-4-3-7(8)9/h6-9H,3-5H2,1-2H3/t7-,8-/m1/s1. The van der Waals surface area contributed by atoms with Crippen molar-refractivity contribution in [1.82, 2.24) is 0 Å². The van der Waals surface area contributed by atoms with Gasteiger partial charge in [-0.25, -0.2) is 0 Å². The van der Waals surface area contributed by atoms with Crippen LogP contribution < -0.4 is 0 Å². The Kier molecular flexibility index (Phi) is 3.30. The van der Waals surface area contributed by atoms with Crippen molar-refractivity contribution >= 4 is 0 Å². The first kappa shape index (κ1) is 8.97. The molecule has 0 saturated carbocycles. The van der Waals surface area contributed by atoms with Crippen molar-refractivity contribution in [3.05, 3.63) is 0 Å². The monoisotopic (exact) mass is 160 g/mol. The molecule has 0 amide bonds. The summed E-state index contributed by atoms with van der Waals surface area (Å²) in [6, 6.07) is 0. The lowest BCUT2D eigenvalue weighted by Gasteiger charge is -2.29. The van der Waals surface area contributed by atoms with Crippen LogP contribution in [0.1, 0.15) is 20.3 Å². The minimum absolute atomic E-state index is 0.122. The highest BCUT2D eigenvalue weighted by Crippen LogP contribution is 2.12. The molecular weight excluding hydrogens is 144 g/mol. The van der Waals surface area contributed by atoms with Crippen LogP contribution in [0.4, 0.5) is 0 Å². The first-order valence-electron chi connectivity index (χ1n) is 4.11. The number of aliphatic hydroxyl groups is 1. The minimum atomic E-state index is -0.342. The van der Waals surface area contributed by atoms with E-state index < -0.39 is 0 Å². The molecule has 0 aromatic carbocycles. The zero-order valence-electron chi connectivity index (χ0n) is 7.12. The Hall–Kier alpha value is -0.120. The van der Waals surface area contributed by atoms with Crippen LogP contribution in [0.25, 0.3) is 0 Å². The number of hydrogen-bond acceptors (Lipinski definition) is 3. The quantitative estimate of drug-likeness (QED) is 0.641. The van der Waals surface area contributed by atoms with Gasteiger partial charge < -0.3 is 14.6 Å². The molecule has 1 N–H and O–H groups in total. The number of rotatable bonds is 2. The molecule has 0 bridgehead atoms. The second-order valence-corrected chi connectivity index (χ2v) is 3.15. The molecule has 0 radical (unpaired) electrons. The largest absolute Gasteiger partial charge is 0.390 e. The van der Waals surface area contributed by atoms with Crippen LogP contribution in [0, 0.1) is 0 Å². The molecule has 3 heteroatoms. The normalized spacial score (nSPS) is 32.7. The summed E-state index contributed by atoms with van der Waals surface area (Å²) in [6.07, 6.45) is 0.392. The molecule has 0 aromatic rings. The van der Waals surface area contributed by atoms with Crippen LogP contribution in [0.2, 0.25) is 0 Å². The van der Waals surface area contributed by atoms with Crippen LogP contribution in [0.5, 0.6) is 0 Å². The summed E-state index contributed by atoms with van der Waals surface area (Å²) in [6.45, 7) is 5.10. The summed E-state index contributed by atoms with van der Waals surface area (Å²) < 4.78 is 10.6. The van der Waals surface area contributed by atoms with E-state index in [-0.39, 0.29) is 18.3 Å². The molecule has 1 saturated heterocycles. The number of ether oxygens (including phenoxy) is 2. The fraction of sp³-hybridized carbons (Fsp3) is 1.00. The van der Waals surface area contributed by atoms with Crippen LogP contribution in [0.3, 0.4) is 0 Å². The van der Waals surface area contributed by atoms with Crippen LogP contribution >= 0.6 is 0 Å². The van der Waals surface area contributed by atoms with Crippen LogP contribution in [0.15, 0.2) is 0 Å². The summed E-state index contributed by atoms with van der Waals surface area (Å²) in [5.74, 6) is 0. The van der Waals surface area contributed by atoms with Crippen molar-refractivity contribution in [2.45, 2.75) is 38.6 Å². The molecule has 3 nitrogen and oxygen atoms in total. The Labute approximate surface area is 67.3 Å². The van der Waals surface area contributed by atoms with Crippen molar-refractivity contribution in [2.75, 3.05) is 13.2 Å². The Bertz CT molecular complexity index is 114. The second-order valence-electron chi connectivity index (χ2n) is 3.15. The second kappa shape index (κ2) is 4.04. The van der Waals surface area contributed by atoms with Gasteiger partial charge in [0.15, 0.2) is 0 Å². The van der Waals surface area contributed by atoms with Gasteiger partial charge in [0.25, 0.3) is 0 Å². The Balaban J connectivity index is 2.29. The van der Waals surface area contributed by atoms with Crippen LogP contribution in [-0.4, -0.2) is 36.6 Å². The summed E-state index contributed by atoms with van der Waals surface area (Å²) >= 11 is 0. The molecule has 11 heavy (non-hydrogen) atoms. The molecule has 1 aliphatic heterocycles. The van der Waals surface area contributed by atoms with E-state index in [1.807, 2.05) is 13.8 Å². The van der Waals surface area contributed by atoms with E-state index in [9.17, 15) is 5.11 Å². The lowest BCUT2D eigenvalue weighted by molar-refractivity contribution is -0.133. The average molecular weight is 160 g/mol. The lowest BCUT2D eigenvalue weighted by atomic mass is 10.1. The van der Waals surface area contributed by atoms with Gasteiger partial charge in [-0.1, -0.05) is 0 Å². The highest BCUT2D eigenvalue weighted by atomic mass is 16.6. The van der Waals surface area contributed by atoms with Gasteiger partial charge in [0.2, 0.25) is 0 Å². The molecular formula is C8H16O3. The van der Waals surface area contributed by atoms with E-state index in [0.29, 0.717) is 19.6 Å². The topological polar surface area (TPSA) is 38.7 Å². The molecule has 1 rings (SSSR count). The summed E-state index contributed by atoms with van der Waals surface area (Å²) in [5, 5.41) is 9.41. The van der Waals surface area contributed by atoms with E-state index in [1.165, 1.54) is 0 Å². The van der Waals surface area contributed by atoms with Gasteiger partial charge in [0.05, 0.1) is 18.8 Å². The minimum Gasteiger partial charge on any atom is -0.390 e. The molecule has 0 spiro atoms. The van der Waals surface area contributed by atoms with Gasteiger partial charge in [0.1, 0.15) is 6.10 Å². The molecule has 0 unspecified atom stereocenters. The maximum Gasteiger partial charge on any atom is 0.107 e. The number of hydrogen-bond donors (Lipinski definition) is 1. The van der Waals surface area contributed by atoms with E-state index >= 15 is 0 Å². The Morgan fingerprint density at radius 1 is 1.55 bits per heavy atom. The maximum atomic E-state index is 9.41. The Morgan fingerprint density at radius 3 is 2.82 bits per heavy atom. The fourth-order valence-electron chi connectivity index (χ4n) is 1.18. The molecule has 2 atom stereocenters. The van der Waals surface area contributed by atoms with Gasteiger partial charge in [0, 0.05) is 6.61 Å². The van der Waals surface area contributed by atoms with Gasteiger partial charge in [-0.05, 0) is 20.3 Å². The van der Waals surface area contributed by atoms with Crippen molar-refractivity contribution in [1.29, 1.82) is 0 Å². The molecule has 1 fully saturated rings. The maximum absolute atomic E-state index is 9.41. The molecule has 1 heterocycles.